The van der Waals surface area contributed by atoms with Gasteiger partial charge in [0.1, 0.15) is 0 Å². The summed E-state index contributed by atoms with van der Waals surface area (Å²) in [5.41, 5.74) is 2.60. The lowest BCUT2D eigenvalue weighted by atomic mass is 10.2. The summed E-state index contributed by atoms with van der Waals surface area (Å²) in [7, 11) is 0. The van der Waals surface area contributed by atoms with Gasteiger partial charge in [-0.15, -0.1) is 0 Å². The Morgan fingerprint density at radius 2 is 1.88 bits per heavy atom. The number of rotatable bonds is 1. The molecule has 17 heavy (non-hydrogen) atoms. The lowest BCUT2D eigenvalue weighted by Gasteiger charge is -2.02. The number of aromatic hydroxyl groups is 1. The second kappa shape index (κ2) is 3.89. The van der Waals surface area contributed by atoms with E-state index in [4.69, 9.17) is 0 Å². The van der Waals surface area contributed by atoms with Crippen molar-refractivity contribution in [3.63, 3.8) is 0 Å². The molecule has 3 nitrogen and oxygen atoms in total. The average Bonchev–Trinajstić information content (AvgIpc) is 2.75. The summed E-state index contributed by atoms with van der Waals surface area (Å²) < 4.78 is 2.91. The topological polar surface area (TPSA) is 37.5 Å². The molecule has 2 heterocycles. The van der Waals surface area contributed by atoms with Crippen molar-refractivity contribution in [1.82, 2.24) is 9.38 Å². The van der Waals surface area contributed by atoms with E-state index in [2.05, 4.69) is 20.9 Å². The predicted octanol–water partition coefficient (Wildman–Crippen LogP) is 3.47. The highest BCUT2D eigenvalue weighted by Gasteiger charge is 2.07. The molecule has 0 bridgehead atoms. The van der Waals surface area contributed by atoms with Gasteiger partial charge < -0.3 is 5.11 Å². The molecule has 0 radical (unpaired) electrons. The van der Waals surface area contributed by atoms with Gasteiger partial charge in [0.15, 0.2) is 11.4 Å². The molecule has 2 aromatic heterocycles. The number of nitrogens with zero attached hydrogens (tertiary/aromatic N) is 2. The molecule has 3 rings (SSSR count). The van der Waals surface area contributed by atoms with Crippen molar-refractivity contribution in [3.05, 3.63) is 53.3 Å². The van der Waals surface area contributed by atoms with Gasteiger partial charge in [-0.05, 0) is 24.3 Å². The van der Waals surface area contributed by atoms with Gasteiger partial charge in [-0.2, -0.15) is 0 Å². The highest BCUT2D eigenvalue weighted by Crippen LogP contribution is 2.25. The normalized spacial score (nSPS) is 10.9. The van der Waals surface area contributed by atoms with Gasteiger partial charge in [-0.3, -0.25) is 4.40 Å². The van der Waals surface area contributed by atoms with Crippen LogP contribution in [0.15, 0.2) is 53.3 Å². The zero-order valence-electron chi connectivity index (χ0n) is 8.84. The molecule has 0 unspecified atom stereocenters. The Balaban J connectivity index is 2.24. The van der Waals surface area contributed by atoms with E-state index in [-0.39, 0.29) is 5.75 Å². The standard InChI is InChI=1S/C13H9BrN2O/c14-10-5-3-9(4-6-10)11-8-15-13-12(17)2-1-7-16(11)13/h1-8,17H. The highest BCUT2D eigenvalue weighted by molar-refractivity contribution is 9.10. The van der Waals surface area contributed by atoms with Crippen LogP contribution < -0.4 is 0 Å². The van der Waals surface area contributed by atoms with Crippen molar-refractivity contribution >= 4 is 21.6 Å². The third-order valence-electron chi connectivity index (χ3n) is 2.66. The number of imidazole rings is 1. The van der Waals surface area contributed by atoms with Crippen LogP contribution in [-0.4, -0.2) is 14.5 Å². The van der Waals surface area contributed by atoms with Crippen molar-refractivity contribution < 1.29 is 5.11 Å². The van der Waals surface area contributed by atoms with Crippen molar-refractivity contribution in [2.45, 2.75) is 0 Å². The minimum absolute atomic E-state index is 0.191. The maximum absolute atomic E-state index is 9.68. The molecule has 0 amide bonds. The van der Waals surface area contributed by atoms with Crippen LogP contribution in [0.4, 0.5) is 0 Å². The molecule has 0 spiro atoms. The Labute approximate surface area is 106 Å². The maximum Gasteiger partial charge on any atom is 0.179 e. The SMILES string of the molecule is Oc1cccn2c(-c3ccc(Br)cc3)cnc12. The van der Waals surface area contributed by atoms with Gasteiger partial charge >= 0.3 is 0 Å². The van der Waals surface area contributed by atoms with Crippen molar-refractivity contribution in [2.75, 3.05) is 0 Å². The molecule has 0 saturated carbocycles. The highest BCUT2D eigenvalue weighted by atomic mass is 79.9. The molecule has 0 aliphatic rings. The first-order chi connectivity index (χ1) is 8.25. The smallest absolute Gasteiger partial charge is 0.179 e. The van der Waals surface area contributed by atoms with E-state index >= 15 is 0 Å². The van der Waals surface area contributed by atoms with Gasteiger partial charge in [0.05, 0.1) is 11.9 Å². The van der Waals surface area contributed by atoms with E-state index < -0.39 is 0 Å². The van der Waals surface area contributed by atoms with Crippen LogP contribution in [0.1, 0.15) is 0 Å². The maximum atomic E-state index is 9.68. The Hall–Kier alpha value is -1.81. The van der Waals surface area contributed by atoms with Crippen LogP contribution in [-0.2, 0) is 0 Å². The summed E-state index contributed by atoms with van der Waals surface area (Å²) >= 11 is 3.41. The van der Waals surface area contributed by atoms with Crippen LogP contribution in [0.25, 0.3) is 16.9 Å². The first-order valence-corrected chi connectivity index (χ1v) is 5.96. The lowest BCUT2D eigenvalue weighted by Crippen LogP contribution is -1.87. The first-order valence-electron chi connectivity index (χ1n) is 5.17. The monoisotopic (exact) mass is 288 g/mol. The second-order valence-electron chi connectivity index (χ2n) is 3.74. The third kappa shape index (κ3) is 1.70. The first kappa shape index (κ1) is 10.4. The molecule has 0 aliphatic carbocycles. The zero-order valence-corrected chi connectivity index (χ0v) is 10.4. The van der Waals surface area contributed by atoms with Crippen molar-refractivity contribution in [2.24, 2.45) is 0 Å². The van der Waals surface area contributed by atoms with E-state index in [9.17, 15) is 5.11 Å². The average molecular weight is 289 g/mol. The van der Waals surface area contributed by atoms with Crippen LogP contribution in [0.3, 0.4) is 0 Å². The molecule has 1 aromatic carbocycles. The Morgan fingerprint density at radius 1 is 1.12 bits per heavy atom. The van der Waals surface area contributed by atoms with Crippen LogP contribution in [0, 0.1) is 0 Å². The van der Waals surface area contributed by atoms with Crippen LogP contribution in [0.2, 0.25) is 0 Å². The van der Waals surface area contributed by atoms with Crippen LogP contribution >= 0.6 is 15.9 Å². The minimum atomic E-state index is 0.191. The van der Waals surface area contributed by atoms with Gasteiger partial charge in [0, 0.05) is 16.2 Å². The summed E-state index contributed by atoms with van der Waals surface area (Å²) in [4.78, 5) is 4.22. The molecule has 84 valence electrons. The summed E-state index contributed by atoms with van der Waals surface area (Å²) in [6, 6.07) is 11.4. The molecule has 1 N–H and O–H groups in total. The third-order valence-corrected chi connectivity index (χ3v) is 3.18. The van der Waals surface area contributed by atoms with Crippen molar-refractivity contribution in [3.8, 4) is 17.0 Å². The Morgan fingerprint density at radius 3 is 2.65 bits per heavy atom. The number of benzene rings is 1. The number of halogens is 1. The van der Waals surface area contributed by atoms with Gasteiger partial charge in [-0.1, -0.05) is 28.1 Å². The molecular formula is C13H9BrN2O. The molecule has 3 aromatic rings. The van der Waals surface area contributed by atoms with E-state index in [0.717, 1.165) is 15.7 Å². The van der Waals surface area contributed by atoms with E-state index in [0.29, 0.717) is 5.65 Å². The Bertz CT molecular complexity index is 673. The molecule has 0 saturated heterocycles. The predicted molar refractivity (Wildman–Crippen MR) is 70.0 cm³/mol. The molecule has 4 heteroatoms. The molecule has 0 fully saturated rings. The summed E-state index contributed by atoms with van der Waals surface area (Å²) in [6.07, 6.45) is 3.65. The Kier molecular flexibility index (Phi) is 2.37. The summed E-state index contributed by atoms with van der Waals surface area (Å²) in [5, 5.41) is 9.68. The molecule has 0 aliphatic heterocycles. The van der Waals surface area contributed by atoms with E-state index in [1.165, 1.54) is 0 Å². The quantitative estimate of drug-likeness (QED) is 0.744. The van der Waals surface area contributed by atoms with E-state index in [1.54, 1.807) is 18.3 Å². The fourth-order valence-electron chi connectivity index (χ4n) is 1.83. The lowest BCUT2D eigenvalue weighted by molar-refractivity contribution is 0.477. The zero-order chi connectivity index (χ0) is 11.8. The summed E-state index contributed by atoms with van der Waals surface area (Å²) in [6.45, 7) is 0. The fraction of sp³-hybridized carbons (Fsp3) is 0. The van der Waals surface area contributed by atoms with Gasteiger partial charge in [0.2, 0.25) is 0 Å². The fourth-order valence-corrected chi connectivity index (χ4v) is 2.09. The number of pyridine rings is 1. The van der Waals surface area contributed by atoms with Gasteiger partial charge in [-0.25, -0.2) is 4.98 Å². The van der Waals surface area contributed by atoms with E-state index in [1.807, 2.05) is 34.9 Å². The number of hydrogen-bond acceptors (Lipinski definition) is 2. The molecule has 0 atom stereocenters. The largest absolute Gasteiger partial charge is 0.504 e. The number of aromatic nitrogens is 2. The summed E-state index contributed by atoms with van der Waals surface area (Å²) in [5.74, 6) is 0.191. The number of fused-ring (bicyclic) bond motifs is 1. The number of hydrogen-bond donors (Lipinski definition) is 1. The van der Waals surface area contributed by atoms with Gasteiger partial charge in [0.25, 0.3) is 0 Å². The van der Waals surface area contributed by atoms with Crippen LogP contribution in [0.5, 0.6) is 5.75 Å². The second-order valence-corrected chi connectivity index (χ2v) is 4.65. The minimum Gasteiger partial charge on any atom is -0.504 e. The van der Waals surface area contributed by atoms with Crippen molar-refractivity contribution in [1.29, 1.82) is 0 Å². The molecular weight excluding hydrogens is 280 g/mol.